The van der Waals surface area contributed by atoms with Crippen LogP contribution >= 0.6 is 0 Å². The second-order valence-electron chi connectivity index (χ2n) is 3.75. The number of rotatable bonds is 2. The van der Waals surface area contributed by atoms with E-state index < -0.39 is 0 Å². The summed E-state index contributed by atoms with van der Waals surface area (Å²) in [5.41, 5.74) is 2.52. The highest BCUT2D eigenvalue weighted by Gasteiger charge is 2.19. The van der Waals surface area contributed by atoms with E-state index in [-0.39, 0.29) is 0 Å². The Bertz CT molecular complexity index is 314. The second kappa shape index (κ2) is 3.79. The molecule has 0 aromatic carbocycles. The first kappa shape index (κ1) is 9.21. The lowest BCUT2D eigenvalue weighted by Crippen LogP contribution is -2.21. The molecule has 1 aliphatic heterocycles. The lowest BCUT2D eigenvalue weighted by atomic mass is 10.2. The molecule has 0 radical (unpaired) electrons. The molecule has 2 rings (SSSR count). The number of hydrazine groups is 1. The Morgan fingerprint density at radius 1 is 1.57 bits per heavy atom. The molecule has 0 saturated carbocycles. The zero-order chi connectivity index (χ0) is 9.97. The number of nitrogens with zero attached hydrogens (tertiary/aromatic N) is 3. The van der Waals surface area contributed by atoms with Gasteiger partial charge >= 0.3 is 0 Å². The minimum absolute atomic E-state index is 0.662. The van der Waals surface area contributed by atoms with E-state index in [1.54, 1.807) is 0 Å². The molecule has 5 nitrogen and oxygen atoms in total. The molecule has 1 aromatic heterocycles. The smallest absolute Gasteiger partial charge is 0.145 e. The number of hydrogen-bond acceptors (Lipinski definition) is 5. The average Bonchev–Trinajstić information content (AvgIpc) is 2.65. The van der Waals surface area contributed by atoms with Gasteiger partial charge < -0.3 is 10.3 Å². The Morgan fingerprint density at radius 2 is 2.43 bits per heavy atom. The van der Waals surface area contributed by atoms with Crippen molar-refractivity contribution < 1.29 is 0 Å². The fourth-order valence-corrected chi connectivity index (χ4v) is 1.74. The van der Waals surface area contributed by atoms with Gasteiger partial charge in [0.2, 0.25) is 0 Å². The monoisotopic (exact) mass is 193 g/mol. The van der Waals surface area contributed by atoms with E-state index in [0.29, 0.717) is 5.82 Å². The molecule has 5 heteroatoms. The number of aromatic nitrogens is 2. The van der Waals surface area contributed by atoms with Crippen molar-refractivity contribution in [2.24, 2.45) is 11.8 Å². The maximum Gasteiger partial charge on any atom is 0.145 e. The molecule has 0 bridgehead atoms. The number of nitrogens with two attached hydrogens (primary N) is 1. The van der Waals surface area contributed by atoms with Gasteiger partial charge in [-0.3, -0.25) is 0 Å². The van der Waals surface area contributed by atoms with E-state index in [2.05, 4.69) is 27.2 Å². The average molecular weight is 193 g/mol. The Labute approximate surface area is 83.3 Å². The zero-order valence-electron chi connectivity index (χ0n) is 8.27. The third kappa shape index (κ3) is 1.77. The summed E-state index contributed by atoms with van der Waals surface area (Å²) < 4.78 is 0. The number of hydrogen-bond donors (Lipinski definition) is 2. The lowest BCUT2D eigenvalue weighted by molar-refractivity contribution is 0.659. The second-order valence-corrected chi connectivity index (χ2v) is 3.75. The summed E-state index contributed by atoms with van der Waals surface area (Å²) in [6.07, 6.45) is 2.77. The highest BCUT2D eigenvalue weighted by Crippen LogP contribution is 2.22. The lowest BCUT2D eigenvalue weighted by Gasteiger charge is -2.16. The van der Waals surface area contributed by atoms with Gasteiger partial charge in [0, 0.05) is 19.2 Å². The number of nitrogens with one attached hydrogen (secondary N) is 1. The van der Waals surface area contributed by atoms with E-state index in [9.17, 15) is 0 Å². The Kier molecular flexibility index (Phi) is 2.49. The van der Waals surface area contributed by atoms with Crippen LogP contribution in [0.5, 0.6) is 0 Å². The Balaban J connectivity index is 2.15. The summed E-state index contributed by atoms with van der Waals surface area (Å²) in [6.45, 7) is 4.40. The van der Waals surface area contributed by atoms with Crippen LogP contribution in [0.1, 0.15) is 13.3 Å². The van der Waals surface area contributed by atoms with Gasteiger partial charge in [-0.2, -0.15) is 0 Å². The van der Waals surface area contributed by atoms with Crippen molar-refractivity contribution >= 4 is 11.6 Å². The summed E-state index contributed by atoms with van der Waals surface area (Å²) >= 11 is 0. The zero-order valence-corrected chi connectivity index (χ0v) is 8.27. The third-order valence-corrected chi connectivity index (χ3v) is 2.55. The molecule has 76 valence electrons. The third-order valence-electron chi connectivity index (χ3n) is 2.55. The van der Waals surface area contributed by atoms with Crippen molar-refractivity contribution in [2.45, 2.75) is 13.3 Å². The number of anilines is 2. The largest absolute Gasteiger partial charge is 0.356 e. The van der Waals surface area contributed by atoms with Gasteiger partial charge in [0.15, 0.2) is 0 Å². The van der Waals surface area contributed by atoms with E-state index in [1.165, 1.54) is 12.7 Å². The fourth-order valence-electron chi connectivity index (χ4n) is 1.74. The van der Waals surface area contributed by atoms with Crippen molar-refractivity contribution in [1.29, 1.82) is 0 Å². The predicted octanol–water partition coefficient (Wildman–Crippen LogP) is 0.608. The predicted molar refractivity (Wildman–Crippen MR) is 55.8 cm³/mol. The molecule has 0 aliphatic carbocycles. The molecule has 0 amide bonds. The molecule has 1 atom stereocenters. The highest BCUT2D eigenvalue weighted by atomic mass is 15.3. The van der Waals surface area contributed by atoms with Gasteiger partial charge in [0.25, 0.3) is 0 Å². The number of nitrogen functional groups attached to an aromatic ring is 1. The summed E-state index contributed by atoms with van der Waals surface area (Å²) in [4.78, 5) is 10.5. The first-order chi connectivity index (χ1) is 6.79. The molecule has 14 heavy (non-hydrogen) atoms. The van der Waals surface area contributed by atoms with Gasteiger partial charge in [-0.05, 0) is 12.3 Å². The van der Waals surface area contributed by atoms with Crippen LogP contribution < -0.4 is 16.2 Å². The first-order valence-corrected chi connectivity index (χ1v) is 4.83. The maximum atomic E-state index is 5.29. The first-order valence-electron chi connectivity index (χ1n) is 4.83. The van der Waals surface area contributed by atoms with Crippen LogP contribution in [0, 0.1) is 5.92 Å². The molecule has 1 aromatic rings. The molecule has 0 spiro atoms. The van der Waals surface area contributed by atoms with Gasteiger partial charge in [0.1, 0.15) is 18.0 Å². The van der Waals surface area contributed by atoms with Gasteiger partial charge in [-0.15, -0.1) is 0 Å². The van der Waals surface area contributed by atoms with Gasteiger partial charge in [-0.25, -0.2) is 15.8 Å². The minimum atomic E-state index is 0.662. The molecule has 1 aliphatic rings. The van der Waals surface area contributed by atoms with Gasteiger partial charge in [-0.1, -0.05) is 6.92 Å². The van der Waals surface area contributed by atoms with E-state index in [4.69, 9.17) is 5.84 Å². The van der Waals surface area contributed by atoms with Crippen LogP contribution in [-0.2, 0) is 0 Å². The molecule has 2 heterocycles. The molecule has 3 N–H and O–H groups in total. The van der Waals surface area contributed by atoms with Crippen molar-refractivity contribution in [3.05, 3.63) is 12.4 Å². The van der Waals surface area contributed by atoms with Crippen LogP contribution in [0.4, 0.5) is 11.6 Å². The van der Waals surface area contributed by atoms with Crippen LogP contribution in [0.2, 0.25) is 0 Å². The van der Waals surface area contributed by atoms with E-state index in [0.717, 1.165) is 24.8 Å². The summed E-state index contributed by atoms with van der Waals surface area (Å²) in [5.74, 6) is 7.65. The van der Waals surface area contributed by atoms with Crippen molar-refractivity contribution in [3.8, 4) is 0 Å². The Morgan fingerprint density at radius 3 is 3.07 bits per heavy atom. The Hall–Kier alpha value is -1.36. The van der Waals surface area contributed by atoms with Crippen molar-refractivity contribution in [1.82, 2.24) is 9.97 Å². The molecule has 1 saturated heterocycles. The van der Waals surface area contributed by atoms with Crippen LogP contribution in [0.15, 0.2) is 12.4 Å². The maximum absolute atomic E-state index is 5.29. The van der Waals surface area contributed by atoms with Crippen LogP contribution in [-0.4, -0.2) is 23.1 Å². The standard InChI is InChI=1S/C9H15N5/c1-7-2-3-14(5-7)9-4-8(13-10)11-6-12-9/h4,6-7H,2-3,5,10H2,1H3,(H,11,12,13). The highest BCUT2D eigenvalue weighted by molar-refractivity contribution is 5.48. The molecule has 1 unspecified atom stereocenters. The normalized spacial score (nSPS) is 21.3. The molecule has 1 fully saturated rings. The fraction of sp³-hybridized carbons (Fsp3) is 0.556. The topological polar surface area (TPSA) is 67.1 Å². The molecular weight excluding hydrogens is 178 g/mol. The summed E-state index contributed by atoms with van der Waals surface area (Å²) in [6, 6.07) is 1.87. The van der Waals surface area contributed by atoms with Crippen LogP contribution in [0.25, 0.3) is 0 Å². The van der Waals surface area contributed by atoms with Crippen LogP contribution in [0.3, 0.4) is 0 Å². The summed E-state index contributed by atoms with van der Waals surface area (Å²) in [5, 5.41) is 0. The summed E-state index contributed by atoms with van der Waals surface area (Å²) in [7, 11) is 0. The minimum Gasteiger partial charge on any atom is -0.356 e. The van der Waals surface area contributed by atoms with Gasteiger partial charge in [0.05, 0.1) is 0 Å². The molecular formula is C9H15N5. The quantitative estimate of drug-likeness (QED) is 0.532. The van der Waals surface area contributed by atoms with E-state index in [1.807, 2.05) is 6.07 Å². The van der Waals surface area contributed by atoms with E-state index >= 15 is 0 Å². The SMILES string of the molecule is CC1CCN(c2cc(NN)ncn2)C1. The van der Waals surface area contributed by atoms with Crippen molar-refractivity contribution in [2.75, 3.05) is 23.4 Å². The van der Waals surface area contributed by atoms with Crippen molar-refractivity contribution in [3.63, 3.8) is 0 Å².